The van der Waals surface area contributed by atoms with Gasteiger partial charge in [0.2, 0.25) is 0 Å². The molecule has 3 rings (SSSR count). The minimum atomic E-state index is 0.801. The van der Waals surface area contributed by atoms with Gasteiger partial charge in [0.15, 0.2) is 0 Å². The Kier molecular flexibility index (Phi) is 1.50. The van der Waals surface area contributed by atoms with Crippen LogP contribution in [0.5, 0.6) is 0 Å². The molecule has 0 aromatic heterocycles. The number of nitrogens with one attached hydrogen (secondary N) is 1. The molecule has 1 aliphatic carbocycles. The molecule has 3 fully saturated rings. The molecule has 0 aromatic carbocycles. The fraction of sp³-hybridized carbons (Fsp3) is 1.00. The minimum absolute atomic E-state index is 0.801. The Bertz CT molecular complexity index is 182. The van der Waals surface area contributed by atoms with Gasteiger partial charge in [0, 0.05) is 25.7 Å². The van der Waals surface area contributed by atoms with Gasteiger partial charge in [-0.05, 0) is 31.2 Å². The van der Waals surface area contributed by atoms with Crippen molar-refractivity contribution in [3.63, 3.8) is 0 Å². The zero-order valence-electron chi connectivity index (χ0n) is 7.68. The summed E-state index contributed by atoms with van der Waals surface area (Å²) in [6.07, 6.45) is 6.02. The molecule has 0 aromatic rings. The van der Waals surface area contributed by atoms with Gasteiger partial charge in [-0.2, -0.15) is 0 Å². The lowest BCUT2D eigenvalue weighted by atomic mass is 9.68. The van der Waals surface area contributed by atoms with Crippen molar-refractivity contribution in [2.45, 2.75) is 31.7 Å². The van der Waals surface area contributed by atoms with Gasteiger partial charge in [0.05, 0.1) is 0 Å². The molecule has 1 spiro atoms. The van der Waals surface area contributed by atoms with Gasteiger partial charge in [0.25, 0.3) is 0 Å². The van der Waals surface area contributed by atoms with E-state index >= 15 is 0 Å². The van der Waals surface area contributed by atoms with E-state index in [0.717, 1.165) is 11.5 Å². The Morgan fingerprint density at radius 1 is 1.17 bits per heavy atom. The lowest BCUT2D eigenvalue weighted by molar-refractivity contribution is 0.107. The molecule has 0 bridgehead atoms. The summed E-state index contributed by atoms with van der Waals surface area (Å²) in [6.45, 7) is 5.29. The Hall–Kier alpha value is -0.0800. The van der Waals surface area contributed by atoms with E-state index in [9.17, 15) is 0 Å². The first-order chi connectivity index (χ1) is 5.88. The zero-order chi connectivity index (χ0) is 8.02. The fourth-order valence-electron chi connectivity index (χ4n) is 2.90. The monoisotopic (exact) mass is 166 g/mol. The van der Waals surface area contributed by atoms with Crippen LogP contribution < -0.4 is 5.32 Å². The predicted molar refractivity (Wildman–Crippen MR) is 49.1 cm³/mol. The molecular formula is C10H18N2. The summed E-state index contributed by atoms with van der Waals surface area (Å²) in [5, 5.41) is 3.36. The molecule has 2 heterocycles. The van der Waals surface area contributed by atoms with Crippen molar-refractivity contribution in [2.75, 3.05) is 26.2 Å². The fourth-order valence-corrected chi connectivity index (χ4v) is 2.90. The van der Waals surface area contributed by atoms with Gasteiger partial charge in [-0.1, -0.05) is 6.42 Å². The van der Waals surface area contributed by atoms with Crippen LogP contribution in [-0.4, -0.2) is 37.1 Å². The van der Waals surface area contributed by atoms with Gasteiger partial charge < -0.3 is 5.32 Å². The van der Waals surface area contributed by atoms with Crippen LogP contribution in [0.15, 0.2) is 0 Å². The van der Waals surface area contributed by atoms with Crippen molar-refractivity contribution < 1.29 is 0 Å². The summed E-state index contributed by atoms with van der Waals surface area (Å²) in [5.41, 5.74) is 0.801. The van der Waals surface area contributed by atoms with Crippen LogP contribution in [0, 0.1) is 5.41 Å². The molecule has 2 aliphatic heterocycles. The molecule has 12 heavy (non-hydrogen) atoms. The quantitative estimate of drug-likeness (QED) is 0.621. The number of nitrogens with zero attached hydrogens (tertiary/aromatic N) is 1. The van der Waals surface area contributed by atoms with Crippen molar-refractivity contribution in [3.05, 3.63) is 0 Å². The third-order valence-corrected chi connectivity index (χ3v) is 4.16. The van der Waals surface area contributed by atoms with E-state index in [4.69, 9.17) is 0 Å². The number of rotatable bonds is 1. The molecule has 1 saturated carbocycles. The molecule has 2 saturated heterocycles. The zero-order valence-corrected chi connectivity index (χ0v) is 7.68. The highest BCUT2D eigenvalue weighted by molar-refractivity contribution is 4.99. The van der Waals surface area contributed by atoms with Crippen LogP contribution in [-0.2, 0) is 0 Å². The number of hydrogen-bond acceptors (Lipinski definition) is 2. The van der Waals surface area contributed by atoms with E-state index in [1.54, 1.807) is 0 Å². The summed E-state index contributed by atoms with van der Waals surface area (Å²) in [6, 6.07) is 0.893. The summed E-state index contributed by atoms with van der Waals surface area (Å²) < 4.78 is 0. The number of hydrogen-bond donors (Lipinski definition) is 1. The second-order valence-corrected chi connectivity index (χ2v) is 4.89. The van der Waals surface area contributed by atoms with E-state index in [-0.39, 0.29) is 0 Å². The molecular weight excluding hydrogens is 148 g/mol. The lowest BCUT2D eigenvalue weighted by Crippen LogP contribution is -2.57. The molecule has 68 valence electrons. The Balaban J connectivity index is 1.62. The second kappa shape index (κ2) is 2.46. The largest absolute Gasteiger partial charge is 0.314 e. The Morgan fingerprint density at radius 3 is 2.42 bits per heavy atom. The van der Waals surface area contributed by atoms with Gasteiger partial charge in [-0.25, -0.2) is 0 Å². The van der Waals surface area contributed by atoms with Crippen molar-refractivity contribution >= 4 is 0 Å². The van der Waals surface area contributed by atoms with Gasteiger partial charge in [0.1, 0.15) is 0 Å². The SMILES string of the molecule is C1CC2(C1)CCN(C1CNC1)C2. The minimum Gasteiger partial charge on any atom is -0.314 e. The first-order valence-electron chi connectivity index (χ1n) is 5.33. The molecule has 0 radical (unpaired) electrons. The van der Waals surface area contributed by atoms with Crippen molar-refractivity contribution in [1.29, 1.82) is 0 Å². The first-order valence-corrected chi connectivity index (χ1v) is 5.33. The average Bonchev–Trinajstić information content (AvgIpc) is 2.27. The molecule has 0 unspecified atom stereocenters. The van der Waals surface area contributed by atoms with Crippen molar-refractivity contribution in [1.82, 2.24) is 10.2 Å². The van der Waals surface area contributed by atoms with E-state index in [1.165, 1.54) is 51.9 Å². The number of likely N-dealkylation sites (tertiary alicyclic amines) is 1. The van der Waals surface area contributed by atoms with Gasteiger partial charge >= 0.3 is 0 Å². The average molecular weight is 166 g/mol. The molecule has 2 heteroatoms. The highest BCUT2D eigenvalue weighted by atomic mass is 15.3. The highest BCUT2D eigenvalue weighted by Crippen LogP contribution is 2.48. The lowest BCUT2D eigenvalue weighted by Gasteiger charge is -2.41. The predicted octanol–water partition coefficient (Wildman–Crippen LogP) is 0.834. The maximum Gasteiger partial charge on any atom is 0.0345 e. The smallest absolute Gasteiger partial charge is 0.0345 e. The topological polar surface area (TPSA) is 15.3 Å². The summed E-state index contributed by atoms with van der Waals surface area (Å²) in [4.78, 5) is 2.72. The maximum atomic E-state index is 3.36. The van der Waals surface area contributed by atoms with Crippen LogP contribution in [0.4, 0.5) is 0 Å². The summed E-state index contributed by atoms with van der Waals surface area (Å²) in [5.74, 6) is 0. The second-order valence-electron chi connectivity index (χ2n) is 4.89. The summed E-state index contributed by atoms with van der Waals surface area (Å²) >= 11 is 0. The third-order valence-electron chi connectivity index (χ3n) is 4.16. The first kappa shape index (κ1) is 7.34. The summed E-state index contributed by atoms with van der Waals surface area (Å²) in [7, 11) is 0. The van der Waals surface area contributed by atoms with Crippen LogP contribution >= 0.6 is 0 Å². The maximum absolute atomic E-state index is 3.36. The van der Waals surface area contributed by atoms with Crippen LogP contribution in [0.25, 0.3) is 0 Å². The Labute approximate surface area is 74.3 Å². The van der Waals surface area contributed by atoms with Crippen LogP contribution in [0.3, 0.4) is 0 Å². The van der Waals surface area contributed by atoms with Gasteiger partial charge in [-0.3, -0.25) is 4.90 Å². The standard InChI is InChI=1S/C10H18N2/c1-2-10(3-1)4-5-12(8-10)9-6-11-7-9/h9,11H,1-8H2. The van der Waals surface area contributed by atoms with Crippen LogP contribution in [0.1, 0.15) is 25.7 Å². The van der Waals surface area contributed by atoms with Crippen LogP contribution in [0.2, 0.25) is 0 Å². The normalized spacial score (nSPS) is 35.0. The van der Waals surface area contributed by atoms with E-state index in [0.29, 0.717) is 0 Å². The molecule has 1 N–H and O–H groups in total. The molecule has 3 aliphatic rings. The van der Waals surface area contributed by atoms with Crippen molar-refractivity contribution in [3.8, 4) is 0 Å². The van der Waals surface area contributed by atoms with E-state index in [2.05, 4.69) is 10.2 Å². The highest BCUT2D eigenvalue weighted by Gasteiger charge is 2.44. The van der Waals surface area contributed by atoms with Gasteiger partial charge in [-0.15, -0.1) is 0 Å². The molecule has 0 atom stereocenters. The molecule has 2 nitrogen and oxygen atoms in total. The Morgan fingerprint density at radius 2 is 2.00 bits per heavy atom. The van der Waals surface area contributed by atoms with Crippen molar-refractivity contribution in [2.24, 2.45) is 5.41 Å². The van der Waals surface area contributed by atoms with E-state index < -0.39 is 0 Å². The third kappa shape index (κ3) is 0.944. The molecule has 0 amide bonds. The van der Waals surface area contributed by atoms with E-state index in [1.807, 2.05) is 0 Å².